The Hall–Kier alpha value is -2.01. The Balaban J connectivity index is 2.95. The maximum atomic E-state index is 11.0. The smallest absolute Gasteiger partial charge is 0.330 e. The molecule has 4 nitrogen and oxygen atoms in total. The van der Waals surface area contributed by atoms with Gasteiger partial charge in [-0.3, -0.25) is 0 Å². The minimum Gasteiger partial charge on any atom is -0.541 e. The zero-order valence-electron chi connectivity index (χ0n) is 15.7. The van der Waals surface area contributed by atoms with Crippen LogP contribution in [0.3, 0.4) is 0 Å². The van der Waals surface area contributed by atoms with Gasteiger partial charge in [-0.15, -0.1) is 0 Å². The third-order valence-corrected chi connectivity index (χ3v) is 8.53. The van der Waals surface area contributed by atoms with E-state index in [1.807, 2.05) is 24.3 Å². The van der Waals surface area contributed by atoms with E-state index in [-0.39, 0.29) is 11.0 Å². The van der Waals surface area contributed by atoms with Gasteiger partial charge in [0.2, 0.25) is 0 Å². The van der Waals surface area contributed by atoms with Crippen LogP contribution in [-0.2, 0) is 9.53 Å². The van der Waals surface area contributed by atoms with Crippen molar-refractivity contribution in [2.24, 2.45) is 0 Å². The van der Waals surface area contributed by atoms with Gasteiger partial charge >= 0.3 is 5.97 Å². The van der Waals surface area contributed by atoms with Crippen LogP contribution >= 0.6 is 0 Å². The molecule has 1 aromatic rings. The van der Waals surface area contributed by atoms with Gasteiger partial charge in [0.15, 0.2) is 5.75 Å². The van der Waals surface area contributed by atoms with E-state index in [4.69, 9.17) is 9.16 Å². The molecule has 0 aromatic heterocycles. The first-order valence-corrected chi connectivity index (χ1v) is 10.8. The van der Waals surface area contributed by atoms with Crippen LogP contribution in [0.4, 0.5) is 0 Å². The van der Waals surface area contributed by atoms with Crippen molar-refractivity contribution in [1.29, 1.82) is 0 Å². The average Bonchev–Trinajstić information content (AvgIpc) is 2.51. The summed E-state index contributed by atoms with van der Waals surface area (Å²) in [6.45, 7) is 11.0. The molecule has 0 fully saturated rings. The number of allylic oxidation sites excluding steroid dienone is 2. The van der Waals surface area contributed by atoms with Crippen LogP contribution in [0.1, 0.15) is 26.3 Å². The molecule has 0 heterocycles. The van der Waals surface area contributed by atoms with Crippen LogP contribution < -0.4 is 9.16 Å². The number of rotatable bonds is 6. The average molecular weight is 349 g/mol. The fourth-order valence-corrected chi connectivity index (χ4v) is 2.69. The van der Waals surface area contributed by atoms with Gasteiger partial charge in [0.05, 0.1) is 14.2 Å². The first-order valence-electron chi connectivity index (χ1n) is 7.90. The minimum atomic E-state index is -1.92. The molecule has 0 aliphatic heterocycles. The third kappa shape index (κ3) is 5.56. The molecule has 0 saturated carbocycles. The van der Waals surface area contributed by atoms with Crippen LogP contribution in [0, 0.1) is 0 Å². The molecule has 0 N–H and O–H groups in total. The Morgan fingerprint density at radius 2 is 1.75 bits per heavy atom. The number of ether oxygens (including phenoxy) is 2. The summed E-state index contributed by atoms with van der Waals surface area (Å²) in [5, 5.41) is 0.120. The molecular weight excluding hydrogens is 320 g/mol. The molecule has 0 bridgehead atoms. The van der Waals surface area contributed by atoms with E-state index in [0.717, 1.165) is 11.3 Å². The van der Waals surface area contributed by atoms with Gasteiger partial charge in [-0.25, -0.2) is 4.79 Å². The quantitative estimate of drug-likeness (QED) is 0.320. The van der Waals surface area contributed by atoms with E-state index in [2.05, 4.69) is 38.6 Å². The lowest BCUT2D eigenvalue weighted by atomic mass is 10.2. The number of esters is 1. The predicted octanol–water partition coefficient (Wildman–Crippen LogP) is 4.82. The number of carbonyl (C=O) groups is 1. The molecule has 1 rings (SSSR count). The van der Waals surface area contributed by atoms with Crippen molar-refractivity contribution in [2.75, 3.05) is 14.2 Å². The number of hydrogen-bond acceptors (Lipinski definition) is 4. The summed E-state index contributed by atoms with van der Waals surface area (Å²) in [6.07, 6.45) is 6.67. The highest BCUT2D eigenvalue weighted by Crippen LogP contribution is 2.40. The molecule has 5 heteroatoms. The maximum Gasteiger partial charge on any atom is 0.330 e. The van der Waals surface area contributed by atoms with Crippen LogP contribution in [-0.4, -0.2) is 28.5 Å². The molecule has 0 saturated heterocycles. The van der Waals surface area contributed by atoms with Crippen molar-refractivity contribution in [1.82, 2.24) is 0 Å². The Bertz CT molecular complexity index is 625. The van der Waals surface area contributed by atoms with Gasteiger partial charge in [0.1, 0.15) is 5.75 Å². The summed E-state index contributed by atoms with van der Waals surface area (Å²) < 4.78 is 16.3. The lowest BCUT2D eigenvalue weighted by molar-refractivity contribution is -0.134. The Morgan fingerprint density at radius 3 is 2.29 bits per heavy atom. The summed E-state index contributed by atoms with van der Waals surface area (Å²) >= 11 is 0. The van der Waals surface area contributed by atoms with Crippen molar-refractivity contribution >= 4 is 20.4 Å². The molecular formula is C19H28O4Si. The molecule has 0 aliphatic rings. The summed E-state index contributed by atoms with van der Waals surface area (Å²) in [5.41, 5.74) is 0.962. The minimum absolute atomic E-state index is 0.120. The first-order chi connectivity index (χ1) is 11.1. The topological polar surface area (TPSA) is 44.8 Å². The second-order valence-corrected chi connectivity index (χ2v) is 11.7. The second-order valence-electron chi connectivity index (χ2n) is 7.01. The van der Waals surface area contributed by atoms with E-state index in [9.17, 15) is 4.79 Å². The standard InChI is InChI=1S/C19H28O4Si/c1-19(2,3)24(6,7)23-16-13-12-15(14-17(16)21-4)10-8-9-11-18(20)22-5/h8-14H,1-7H3/b10-8+,11-9-. The highest BCUT2D eigenvalue weighted by molar-refractivity contribution is 6.74. The summed E-state index contributed by atoms with van der Waals surface area (Å²) in [7, 11) is 1.07. The first kappa shape index (κ1) is 20.0. The normalized spacial score (nSPS) is 12.6. The maximum absolute atomic E-state index is 11.0. The molecule has 132 valence electrons. The molecule has 0 amide bonds. The number of carbonyl (C=O) groups excluding carboxylic acids is 1. The van der Waals surface area contributed by atoms with E-state index < -0.39 is 8.32 Å². The molecule has 1 aromatic carbocycles. The lowest BCUT2D eigenvalue weighted by Gasteiger charge is -2.36. The lowest BCUT2D eigenvalue weighted by Crippen LogP contribution is -2.43. The second kappa shape index (κ2) is 8.19. The van der Waals surface area contributed by atoms with E-state index in [1.165, 1.54) is 13.2 Å². The van der Waals surface area contributed by atoms with Gasteiger partial charge in [0.25, 0.3) is 8.32 Å². The molecule has 0 atom stereocenters. The van der Waals surface area contributed by atoms with Gasteiger partial charge in [-0.1, -0.05) is 45.1 Å². The van der Waals surface area contributed by atoms with Gasteiger partial charge in [-0.2, -0.15) is 0 Å². The van der Waals surface area contributed by atoms with Crippen molar-refractivity contribution in [3.05, 3.63) is 42.0 Å². The van der Waals surface area contributed by atoms with Gasteiger partial charge in [-0.05, 0) is 35.8 Å². The van der Waals surface area contributed by atoms with Crippen molar-refractivity contribution in [3.63, 3.8) is 0 Å². The number of methoxy groups -OCH3 is 2. The molecule has 0 spiro atoms. The van der Waals surface area contributed by atoms with Crippen molar-refractivity contribution < 1.29 is 18.7 Å². The monoisotopic (exact) mass is 348 g/mol. The van der Waals surface area contributed by atoms with Crippen molar-refractivity contribution in [2.45, 2.75) is 38.9 Å². The SMILES string of the molecule is COC(=O)/C=C\C=C\c1ccc(O[Si](C)(C)C(C)(C)C)c(OC)c1. The van der Waals surface area contributed by atoms with Crippen LogP contribution in [0.25, 0.3) is 6.08 Å². The molecule has 0 unspecified atom stereocenters. The fourth-order valence-electron chi connectivity index (χ4n) is 1.67. The molecule has 24 heavy (non-hydrogen) atoms. The number of benzene rings is 1. The van der Waals surface area contributed by atoms with E-state index in [1.54, 1.807) is 19.3 Å². The summed E-state index contributed by atoms with van der Waals surface area (Å²) in [6, 6.07) is 5.82. The van der Waals surface area contributed by atoms with Crippen LogP contribution in [0.15, 0.2) is 36.4 Å². The fraction of sp³-hybridized carbons (Fsp3) is 0.421. The molecule has 0 radical (unpaired) electrons. The number of hydrogen-bond donors (Lipinski definition) is 0. The Morgan fingerprint density at radius 1 is 1.08 bits per heavy atom. The highest BCUT2D eigenvalue weighted by atomic mass is 28.4. The molecule has 0 aliphatic carbocycles. The Labute approximate surface area is 146 Å². The van der Waals surface area contributed by atoms with Gasteiger partial charge in [0, 0.05) is 6.08 Å². The Kier molecular flexibility index (Phi) is 6.84. The summed E-state index contributed by atoms with van der Waals surface area (Å²) in [4.78, 5) is 11.0. The zero-order valence-corrected chi connectivity index (χ0v) is 16.7. The van der Waals surface area contributed by atoms with Gasteiger partial charge < -0.3 is 13.9 Å². The van der Waals surface area contributed by atoms with Crippen LogP contribution in [0.5, 0.6) is 11.5 Å². The zero-order chi connectivity index (χ0) is 18.4. The predicted molar refractivity (Wildman–Crippen MR) is 101 cm³/mol. The highest BCUT2D eigenvalue weighted by Gasteiger charge is 2.39. The van der Waals surface area contributed by atoms with E-state index in [0.29, 0.717) is 5.75 Å². The van der Waals surface area contributed by atoms with Crippen molar-refractivity contribution in [3.8, 4) is 11.5 Å². The van der Waals surface area contributed by atoms with Crippen LogP contribution in [0.2, 0.25) is 18.1 Å². The third-order valence-electron chi connectivity index (χ3n) is 4.19. The van der Waals surface area contributed by atoms with E-state index >= 15 is 0 Å². The summed E-state index contributed by atoms with van der Waals surface area (Å²) in [5.74, 6) is 1.10. The largest absolute Gasteiger partial charge is 0.541 e.